The lowest BCUT2D eigenvalue weighted by molar-refractivity contribution is 0.416. The lowest BCUT2D eigenvalue weighted by atomic mass is 10.1. The fourth-order valence-corrected chi connectivity index (χ4v) is 1.30. The number of benzene rings is 1. The third kappa shape index (κ3) is 2.98. The molecule has 3 nitrogen and oxygen atoms in total. The second-order valence-electron chi connectivity index (χ2n) is 3.84. The number of aryl methyl sites for hydroxylation is 1. The van der Waals surface area contributed by atoms with Crippen LogP contribution in [0.2, 0.25) is 0 Å². The van der Waals surface area contributed by atoms with Gasteiger partial charge in [-0.05, 0) is 38.5 Å². The summed E-state index contributed by atoms with van der Waals surface area (Å²) in [5.41, 5.74) is 8.61. The Morgan fingerprint density at radius 1 is 1.40 bits per heavy atom. The molecular weight excluding hydrogens is 188 g/mol. The zero-order valence-electron chi connectivity index (χ0n) is 9.74. The van der Waals surface area contributed by atoms with E-state index in [0.717, 1.165) is 11.1 Å². The van der Waals surface area contributed by atoms with Crippen molar-refractivity contribution < 1.29 is 4.74 Å². The number of nitrogens with two attached hydrogens (primary N) is 1. The van der Waals surface area contributed by atoms with Crippen LogP contribution in [-0.2, 0) is 0 Å². The highest BCUT2D eigenvalue weighted by atomic mass is 16.5. The van der Waals surface area contributed by atoms with Gasteiger partial charge in [0, 0.05) is 17.8 Å². The quantitative estimate of drug-likeness (QED) is 0.610. The number of anilines is 1. The summed E-state index contributed by atoms with van der Waals surface area (Å²) in [5, 5.41) is 0. The van der Waals surface area contributed by atoms with E-state index in [2.05, 4.69) is 4.99 Å². The van der Waals surface area contributed by atoms with Crippen LogP contribution < -0.4 is 10.5 Å². The minimum atomic E-state index is 0.274. The first-order chi connectivity index (χ1) is 7.04. The lowest BCUT2D eigenvalue weighted by Gasteiger charge is -2.08. The maximum absolute atomic E-state index is 5.93. The van der Waals surface area contributed by atoms with Crippen molar-refractivity contribution in [3.05, 3.63) is 23.3 Å². The molecule has 15 heavy (non-hydrogen) atoms. The van der Waals surface area contributed by atoms with Gasteiger partial charge in [-0.15, -0.1) is 0 Å². The molecular formula is C12H18N2O. The Hall–Kier alpha value is -1.51. The van der Waals surface area contributed by atoms with Crippen LogP contribution in [0.1, 0.15) is 25.0 Å². The van der Waals surface area contributed by atoms with Crippen molar-refractivity contribution in [3.63, 3.8) is 0 Å². The number of rotatable bonds is 3. The number of ether oxygens (including phenoxy) is 1. The maximum atomic E-state index is 5.93. The van der Waals surface area contributed by atoms with Crippen LogP contribution in [0.25, 0.3) is 0 Å². The van der Waals surface area contributed by atoms with Gasteiger partial charge < -0.3 is 10.5 Å². The smallest absolute Gasteiger partial charge is 0.142 e. The van der Waals surface area contributed by atoms with Gasteiger partial charge >= 0.3 is 0 Å². The van der Waals surface area contributed by atoms with Crippen molar-refractivity contribution in [1.82, 2.24) is 0 Å². The molecule has 3 heteroatoms. The summed E-state index contributed by atoms with van der Waals surface area (Å²) in [6.45, 7) is 6.06. The SMILES string of the molecule is COc1cc(C)cc(C=NC(C)C)c1N. The molecule has 0 aliphatic rings. The number of nitrogens with zero attached hydrogens (tertiary/aromatic N) is 1. The molecule has 0 heterocycles. The van der Waals surface area contributed by atoms with Gasteiger partial charge in [-0.3, -0.25) is 4.99 Å². The van der Waals surface area contributed by atoms with E-state index in [9.17, 15) is 0 Å². The van der Waals surface area contributed by atoms with Crippen LogP contribution in [0.15, 0.2) is 17.1 Å². The van der Waals surface area contributed by atoms with Crippen LogP contribution >= 0.6 is 0 Å². The minimum absolute atomic E-state index is 0.274. The molecule has 0 saturated carbocycles. The largest absolute Gasteiger partial charge is 0.495 e. The molecule has 0 amide bonds. The first kappa shape index (κ1) is 11.6. The topological polar surface area (TPSA) is 47.6 Å². The summed E-state index contributed by atoms with van der Waals surface area (Å²) in [4.78, 5) is 4.31. The highest BCUT2D eigenvalue weighted by Gasteiger charge is 2.05. The van der Waals surface area contributed by atoms with E-state index in [0.29, 0.717) is 11.4 Å². The molecule has 1 rings (SSSR count). The normalized spacial score (nSPS) is 11.3. The maximum Gasteiger partial charge on any atom is 0.142 e. The summed E-state index contributed by atoms with van der Waals surface area (Å²) in [6, 6.07) is 4.20. The monoisotopic (exact) mass is 206 g/mol. The average molecular weight is 206 g/mol. The third-order valence-electron chi connectivity index (χ3n) is 2.05. The molecule has 2 N–H and O–H groups in total. The fourth-order valence-electron chi connectivity index (χ4n) is 1.30. The van der Waals surface area contributed by atoms with E-state index in [-0.39, 0.29) is 6.04 Å². The highest BCUT2D eigenvalue weighted by molar-refractivity contribution is 5.89. The number of hydrogen-bond acceptors (Lipinski definition) is 3. The lowest BCUT2D eigenvalue weighted by Crippen LogP contribution is -2.00. The first-order valence-corrected chi connectivity index (χ1v) is 5.02. The summed E-state index contributed by atoms with van der Waals surface area (Å²) < 4.78 is 5.19. The second kappa shape index (κ2) is 4.82. The molecule has 82 valence electrons. The van der Waals surface area contributed by atoms with Crippen molar-refractivity contribution in [2.45, 2.75) is 26.8 Å². The van der Waals surface area contributed by atoms with E-state index >= 15 is 0 Å². The summed E-state index contributed by atoms with van der Waals surface area (Å²) in [5.74, 6) is 0.709. The molecule has 0 bridgehead atoms. The summed E-state index contributed by atoms with van der Waals surface area (Å²) in [6.07, 6.45) is 1.80. The van der Waals surface area contributed by atoms with Crippen molar-refractivity contribution in [1.29, 1.82) is 0 Å². The van der Waals surface area contributed by atoms with Gasteiger partial charge in [0.2, 0.25) is 0 Å². The molecule has 0 fully saturated rings. The Bertz CT molecular complexity index is 370. The van der Waals surface area contributed by atoms with E-state index in [1.165, 1.54) is 0 Å². The Labute approximate surface area is 91.0 Å². The van der Waals surface area contributed by atoms with Crippen LogP contribution in [0.4, 0.5) is 5.69 Å². The van der Waals surface area contributed by atoms with E-state index in [1.807, 2.05) is 32.9 Å². The molecule has 1 aromatic carbocycles. The van der Waals surface area contributed by atoms with Gasteiger partial charge in [-0.1, -0.05) is 0 Å². The minimum Gasteiger partial charge on any atom is -0.495 e. The molecule has 0 radical (unpaired) electrons. The zero-order chi connectivity index (χ0) is 11.4. The van der Waals surface area contributed by atoms with Crippen LogP contribution in [0.3, 0.4) is 0 Å². The van der Waals surface area contributed by atoms with E-state index in [1.54, 1.807) is 13.3 Å². The zero-order valence-corrected chi connectivity index (χ0v) is 9.74. The molecule has 1 aromatic rings. The third-order valence-corrected chi connectivity index (χ3v) is 2.05. The molecule has 0 aromatic heterocycles. The average Bonchev–Trinajstić information content (AvgIpc) is 2.18. The van der Waals surface area contributed by atoms with Gasteiger partial charge in [-0.2, -0.15) is 0 Å². The number of hydrogen-bond donors (Lipinski definition) is 1. The fraction of sp³-hybridized carbons (Fsp3) is 0.417. The Balaban J connectivity index is 3.12. The van der Waals surface area contributed by atoms with Crippen molar-refractivity contribution in [2.24, 2.45) is 4.99 Å². The highest BCUT2D eigenvalue weighted by Crippen LogP contribution is 2.25. The number of aliphatic imine (C=N–C) groups is 1. The van der Waals surface area contributed by atoms with Gasteiger partial charge in [0.05, 0.1) is 12.8 Å². The molecule has 0 saturated heterocycles. The Kier molecular flexibility index (Phi) is 3.72. The second-order valence-corrected chi connectivity index (χ2v) is 3.84. The molecule has 0 aliphatic carbocycles. The van der Waals surface area contributed by atoms with Gasteiger partial charge in [0.15, 0.2) is 0 Å². The molecule has 0 spiro atoms. The number of methoxy groups -OCH3 is 1. The van der Waals surface area contributed by atoms with Crippen molar-refractivity contribution >= 4 is 11.9 Å². The Morgan fingerprint density at radius 2 is 2.07 bits per heavy atom. The van der Waals surface area contributed by atoms with E-state index < -0.39 is 0 Å². The van der Waals surface area contributed by atoms with Gasteiger partial charge in [-0.25, -0.2) is 0 Å². The first-order valence-electron chi connectivity index (χ1n) is 5.02. The molecule has 0 unspecified atom stereocenters. The van der Waals surface area contributed by atoms with Crippen molar-refractivity contribution in [2.75, 3.05) is 12.8 Å². The van der Waals surface area contributed by atoms with Crippen LogP contribution in [-0.4, -0.2) is 19.4 Å². The standard InChI is InChI=1S/C12H18N2O/c1-8(2)14-7-10-5-9(3)6-11(15-4)12(10)13/h5-8H,13H2,1-4H3. The molecule has 0 atom stereocenters. The van der Waals surface area contributed by atoms with Gasteiger partial charge in [0.1, 0.15) is 5.75 Å². The van der Waals surface area contributed by atoms with Crippen molar-refractivity contribution in [3.8, 4) is 5.75 Å². The summed E-state index contributed by atoms with van der Waals surface area (Å²) >= 11 is 0. The summed E-state index contributed by atoms with van der Waals surface area (Å²) in [7, 11) is 1.62. The number of nitrogen functional groups attached to an aromatic ring is 1. The predicted molar refractivity (Wildman–Crippen MR) is 64.9 cm³/mol. The van der Waals surface area contributed by atoms with Crippen LogP contribution in [0.5, 0.6) is 5.75 Å². The predicted octanol–water partition coefficient (Wildman–Crippen LogP) is 2.41. The Morgan fingerprint density at radius 3 is 2.60 bits per heavy atom. The van der Waals surface area contributed by atoms with Crippen LogP contribution in [0, 0.1) is 6.92 Å². The van der Waals surface area contributed by atoms with E-state index in [4.69, 9.17) is 10.5 Å². The van der Waals surface area contributed by atoms with Gasteiger partial charge in [0.25, 0.3) is 0 Å². The molecule has 0 aliphatic heterocycles.